The lowest BCUT2D eigenvalue weighted by Crippen LogP contribution is -2.30. The summed E-state index contributed by atoms with van der Waals surface area (Å²) in [5, 5.41) is 0.639. The maximum absolute atomic E-state index is 12.9. The molecule has 25 heavy (non-hydrogen) atoms. The first-order valence-electron chi connectivity index (χ1n) is 7.80. The van der Waals surface area contributed by atoms with Gasteiger partial charge in [0.1, 0.15) is 11.4 Å². The molecule has 1 aliphatic heterocycles. The molecular weight excluding hydrogens is 332 g/mol. The molecule has 2 aromatic rings. The third-order valence-electron chi connectivity index (χ3n) is 3.57. The number of amides is 1. The third-order valence-corrected chi connectivity index (χ3v) is 4.51. The second-order valence-electron chi connectivity index (χ2n) is 5.28. The number of benzene rings is 2. The lowest BCUT2D eigenvalue weighted by atomic mass is 10.2. The lowest BCUT2D eigenvalue weighted by molar-refractivity contribution is -0.113. The molecule has 0 saturated heterocycles. The van der Waals surface area contributed by atoms with Gasteiger partial charge in [-0.05, 0) is 23.8 Å². The van der Waals surface area contributed by atoms with Gasteiger partial charge in [0.15, 0.2) is 5.17 Å². The maximum atomic E-state index is 12.9. The summed E-state index contributed by atoms with van der Waals surface area (Å²) < 4.78 is 5.27. The van der Waals surface area contributed by atoms with Crippen LogP contribution in [0.3, 0.4) is 0 Å². The van der Waals surface area contributed by atoms with Gasteiger partial charge in [-0.1, -0.05) is 54.2 Å². The van der Waals surface area contributed by atoms with E-state index in [0.29, 0.717) is 22.4 Å². The average Bonchev–Trinajstić information content (AvgIpc) is 2.96. The molecule has 0 aromatic heterocycles. The molecule has 2 aromatic carbocycles. The molecule has 1 heterocycles. The quantitative estimate of drug-likeness (QED) is 0.594. The zero-order valence-electron chi connectivity index (χ0n) is 13.9. The van der Waals surface area contributed by atoms with Crippen LogP contribution in [0, 0.1) is 0 Å². The van der Waals surface area contributed by atoms with Gasteiger partial charge in [0.25, 0.3) is 5.91 Å². The van der Waals surface area contributed by atoms with Crippen molar-refractivity contribution in [3.05, 3.63) is 78.5 Å². The summed E-state index contributed by atoms with van der Waals surface area (Å²) in [6.07, 6.45) is 3.59. The Labute approximate surface area is 151 Å². The molecule has 126 valence electrons. The second kappa shape index (κ2) is 7.85. The van der Waals surface area contributed by atoms with Crippen molar-refractivity contribution >= 4 is 34.6 Å². The molecular formula is C20H18N2O2S. The van der Waals surface area contributed by atoms with Crippen molar-refractivity contribution in [2.75, 3.05) is 17.8 Å². The standard InChI is InChI=1S/C20H18N2O2S/c1-3-12-25-20-21-18(13-15-8-5-4-6-9-15)19(23)22(20)16-10-7-11-17(14-16)24-2/h3-11,13-14H,1,12H2,2H3/b18-13+. The van der Waals surface area contributed by atoms with Crippen molar-refractivity contribution in [3.63, 3.8) is 0 Å². The van der Waals surface area contributed by atoms with Gasteiger partial charge in [0, 0.05) is 11.8 Å². The second-order valence-corrected chi connectivity index (χ2v) is 6.26. The van der Waals surface area contributed by atoms with E-state index in [0.717, 1.165) is 11.3 Å². The van der Waals surface area contributed by atoms with E-state index in [1.54, 1.807) is 24.2 Å². The molecule has 3 rings (SSSR count). The number of hydrogen-bond donors (Lipinski definition) is 0. The van der Waals surface area contributed by atoms with Crippen molar-refractivity contribution in [1.82, 2.24) is 0 Å². The highest BCUT2D eigenvalue weighted by atomic mass is 32.2. The van der Waals surface area contributed by atoms with Crippen molar-refractivity contribution in [2.45, 2.75) is 0 Å². The van der Waals surface area contributed by atoms with E-state index in [1.807, 2.05) is 54.6 Å². The predicted molar refractivity (Wildman–Crippen MR) is 105 cm³/mol. The Morgan fingerprint density at radius 3 is 2.72 bits per heavy atom. The van der Waals surface area contributed by atoms with Gasteiger partial charge in [-0.2, -0.15) is 0 Å². The van der Waals surface area contributed by atoms with Gasteiger partial charge in [-0.25, -0.2) is 4.99 Å². The van der Waals surface area contributed by atoms with Gasteiger partial charge in [-0.3, -0.25) is 9.69 Å². The van der Waals surface area contributed by atoms with Crippen molar-refractivity contribution in [2.24, 2.45) is 4.99 Å². The minimum absolute atomic E-state index is 0.149. The summed E-state index contributed by atoms with van der Waals surface area (Å²) in [7, 11) is 1.60. The fraction of sp³-hybridized carbons (Fsp3) is 0.100. The smallest absolute Gasteiger partial charge is 0.283 e. The summed E-state index contributed by atoms with van der Waals surface area (Å²) in [5.41, 5.74) is 2.09. The molecule has 0 atom stereocenters. The van der Waals surface area contributed by atoms with Gasteiger partial charge >= 0.3 is 0 Å². The number of hydrogen-bond acceptors (Lipinski definition) is 4. The summed E-state index contributed by atoms with van der Waals surface area (Å²) in [6.45, 7) is 3.74. The average molecular weight is 350 g/mol. The number of aliphatic imine (C=N–C) groups is 1. The molecule has 0 N–H and O–H groups in total. The fourth-order valence-corrected chi connectivity index (χ4v) is 3.16. The summed E-state index contributed by atoms with van der Waals surface area (Å²) in [4.78, 5) is 19.1. The first kappa shape index (κ1) is 17.0. The van der Waals surface area contributed by atoms with Crippen LogP contribution in [0.5, 0.6) is 5.75 Å². The number of carbonyl (C=O) groups is 1. The molecule has 0 fully saturated rings. The van der Waals surface area contributed by atoms with Crippen LogP contribution in [0.25, 0.3) is 6.08 Å². The normalized spacial score (nSPS) is 15.4. The molecule has 0 aliphatic carbocycles. The van der Waals surface area contributed by atoms with Crippen molar-refractivity contribution in [1.29, 1.82) is 0 Å². The molecule has 0 radical (unpaired) electrons. The largest absolute Gasteiger partial charge is 0.497 e. The van der Waals surface area contributed by atoms with E-state index in [9.17, 15) is 4.79 Å². The van der Waals surface area contributed by atoms with Crippen LogP contribution < -0.4 is 9.64 Å². The van der Waals surface area contributed by atoms with E-state index >= 15 is 0 Å². The van der Waals surface area contributed by atoms with E-state index in [1.165, 1.54) is 11.8 Å². The monoisotopic (exact) mass is 350 g/mol. The number of amidine groups is 1. The Kier molecular flexibility index (Phi) is 5.36. The van der Waals surface area contributed by atoms with Gasteiger partial charge < -0.3 is 4.74 Å². The Morgan fingerprint density at radius 2 is 2.00 bits per heavy atom. The summed E-state index contributed by atoms with van der Waals surface area (Å²) >= 11 is 1.47. The number of nitrogens with zero attached hydrogens (tertiary/aromatic N) is 2. The number of rotatable bonds is 5. The van der Waals surface area contributed by atoms with Gasteiger partial charge in [0.05, 0.1) is 12.8 Å². The Hall–Kier alpha value is -2.79. The van der Waals surface area contributed by atoms with Crippen molar-refractivity contribution in [3.8, 4) is 5.75 Å². The highest BCUT2D eigenvalue weighted by Crippen LogP contribution is 2.31. The van der Waals surface area contributed by atoms with Crippen LogP contribution in [0.1, 0.15) is 5.56 Å². The molecule has 4 nitrogen and oxygen atoms in total. The number of methoxy groups -OCH3 is 1. The Bertz CT molecular complexity index is 844. The van der Waals surface area contributed by atoms with E-state index < -0.39 is 0 Å². The minimum Gasteiger partial charge on any atom is -0.497 e. The molecule has 0 bridgehead atoms. The highest BCUT2D eigenvalue weighted by molar-refractivity contribution is 8.14. The number of ether oxygens (including phenoxy) is 1. The topological polar surface area (TPSA) is 41.9 Å². The lowest BCUT2D eigenvalue weighted by Gasteiger charge is -2.18. The maximum Gasteiger partial charge on any atom is 0.283 e. The molecule has 0 spiro atoms. The zero-order chi connectivity index (χ0) is 17.6. The molecule has 5 heteroatoms. The third kappa shape index (κ3) is 3.83. The molecule has 1 amide bonds. The first-order chi connectivity index (χ1) is 12.2. The van der Waals surface area contributed by atoms with Crippen LogP contribution in [-0.2, 0) is 4.79 Å². The fourth-order valence-electron chi connectivity index (χ4n) is 2.41. The van der Waals surface area contributed by atoms with Crippen LogP contribution in [0.15, 0.2) is 77.9 Å². The SMILES string of the molecule is C=CCSC1=N/C(=C/c2ccccc2)C(=O)N1c1cccc(OC)c1. The van der Waals surface area contributed by atoms with Gasteiger partial charge in [-0.15, -0.1) is 6.58 Å². The molecule has 0 saturated carbocycles. The van der Waals surface area contributed by atoms with E-state index in [2.05, 4.69) is 11.6 Å². The highest BCUT2D eigenvalue weighted by Gasteiger charge is 2.31. The number of anilines is 1. The van der Waals surface area contributed by atoms with Crippen LogP contribution >= 0.6 is 11.8 Å². The van der Waals surface area contributed by atoms with Crippen molar-refractivity contribution < 1.29 is 9.53 Å². The summed E-state index contributed by atoms with van der Waals surface area (Å²) in [6, 6.07) is 17.1. The Morgan fingerprint density at radius 1 is 1.20 bits per heavy atom. The zero-order valence-corrected chi connectivity index (χ0v) is 14.7. The predicted octanol–water partition coefficient (Wildman–Crippen LogP) is 4.36. The van der Waals surface area contributed by atoms with Crippen LogP contribution in [0.4, 0.5) is 5.69 Å². The van der Waals surface area contributed by atoms with Gasteiger partial charge in [0.2, 0.25) is 0 Å². The first-order valence-corrected chi connectivity index (χ1v) is 8.79. The van der Waals surface area contributed by atoms with E-state index in [-0.39, 0.29) is 5.91 Å². The molecule has 1 aliphatic rings. The van der Waals surface area contributed by atoms with Crippen LogP contribution in [0.2, 0.25) is 0 Å². The number of carbonyl (C=O) groups excluding carboxylic acids is 1. The Balaban J connectivity index is 1.99. The molecule has 0 unspecified atom stereocenters. The van der Waals surface area contributed by atoms with Crippen LogP contribution in [-0.4, -0.2) is 23.9 Å². The number of thioether (sulfide) groups is 1. The van der Waals surface area contributed by atoms with E-state index in [4.69, 9.17) is 4.74 Å². The summed E-state index contributed by atoms with van der Waals surface area (Å²) in [5.74, 6) is 1.22. The minimum atomic E-state index is -0.149.